The van der Waals surface area contributed by atoms with Gasteiger partial charge in [-0.25, -0.2) is 4.39 Å². The molecule has 0 saturated heterocycles. The lowest BCUT2D eigenvalue weighted by atomic mass is 10.1. The summed E-state index contributed by atoms with van der Waals surface area (Å²) in [6.45, 7) is 0. The minimum Gasteiger partial charge on any atom is -0.507 e. The van der Waals surface area contributed by atoms with Gasteiger partial charge in [0, 0.05) is 5.57 Å². The van der Waals surface area contributed by atoms with Gasteiger partial charge < -0.3 is 5.11 Å². The van der Waals surface area contributed by atoms with Crippen LogP contribution in [0.25, 0.3) is 6.08 Å². The van der Waals surface area contributed by atoms with E-state index in [4.69, 9.17) is 0 Å². The second-order valence-electron chi connectivity index (χ2n) is 3.44. The highest BCUT2D eigenvalue weighted by Crippen LogP contribution is 2.13. The summed E-state index contributed by atoms with van der Waals surface area (Å²) in [5.41, 5.74) is 1.62. The molecule has 0 bridgehead atoms. The van der Waals surface area contributed by atoms with Gasteiger partial charge in [0.25, 0.3) is 0 Å². The Morgan fingerprint density at radius 2 is 1.69 bits per heavy atom. The normalized spacial score (nSPS) is 13.9. The molecule has 0 fully saturated rings. The molecule has 1 aliphatic rings. The summed E-state index contributed by atoms with van der Waals surface area (Å²) in [5, 5.41) is 9.68. The monoisotopic (exact) mass is 214 g/mol. The molecule has 80 valence electrons. The highest BCUT2D eigenvalue weighted by Gasteiger charge is 1.98. The first-order valence-corrected chi connectivity index (χ1v) is 4.97. The van der Waals surface area contributed by atoms with Crippen molar-refractivity contribution in [3.8, 4) is 0 Å². The fourth-order valence-electron chi connectivity index (χ4n) is 1.39. The SMILES string of the molecule is OC(C=Cc1ccc(F)cc1)=C1C=CC=C1. The first-order valence-electron chi connectivity index (χ1n) is 4.97. The summed E-state index contributed by atoms with van der Waals surface area (Å²) < 4.78 is 12.6. The van der Waals surface area contributed by atoms with E-state index in [1.807, 2.05) is 24.3 Å². The van der Waals surface area contributed by atoms with Crippen molar-refractivity contribution in [3.63, 3.8) is 0 Å². The molecule has 0 amide bonds. The number of hydrogen-bond donors (Lipinski definition) is 1. The van der Waals surface area contributed by atoms with E-state index in [0.29, 0.717) is 0 Å². The van der Waals surface area contributed by atoms with Gasteiger partial charge in [0.15, 0.2) is 0 Å². The van der Waals surface area contributed by atoms with Crippen LogP contribution < -0.4 is 0 Å². The highest BCUT2D eigenvalue weighted by molar-refractivity contribution is 5.54. The number of hydrogen-bond acceptors (Lipinski definition) is 1. The van der Waals surface area contributed by atoms with Crippen molar-refractivity contribution in [2.45, 2.75) is 0 Å². The van der Waals surface area contributed by atoms with Crippen molar-refractivity contribution in [3.05, 3.63) is 77.4 Å². The molecule has 0 aromatic heterocycles. The van der Waals surface area contributed by atoms with Gasteiger partial charge >= 0.3 is 0 Å². The second kappa shape index (κ2) is 4.62. The van der Waals surface area contributed by atoms with E-state index in [1.165, 1.54) is 12.1 Å². The maximum absolute atomic E-state index is 12.6. The third-order valence-electron chi connectivity index (χ3n) is 2.26. The van der Waals surface area contributed by atoms with Crippen LogP contribution in [0, 0.1) is 5.82 Å². The van der Waals surface area contributed by atoms with Crippen LogP contribution in [0.3, 0.4) is 0 Å². The van der Waals surface area contributed by atoms with Crippen LogP contribution in [-0.2, 0) is 0 Å². The average molecular weight is 214 g/mol. The Morgan fingerprint density at radius 1 is 1.06 bits per heavy atom. The van der Waals surface area contributed by atoms with Gasteiger partial charge in [-0.15, -0.1) is 0 Å². The predicted octanol–water partition coefficient (Wildman–Crippen LogP) is 3.78. The standard InChI is InChI=1S/C14H11FO/c15-13-8-5-11(6-9-13)7-10-14(16)12-3-1-2-4-12/h1-10,16H. The Hall–Kier alpha value is -2.09. The molecule has 16 heavy (non-hydrogen) atoms. The van der Waals surface area contributed by atoms with Gasteiger partial charge in [0.05, 0.1) is 0 Å². The predicted molar refractivity (Wildman–Crippen MR) is 63.4 cm³/mol. The molecule has 1 nitrogen and oxygen atoms in total. The third-order valence-corrected chi connectivity index (χ3v) is 2.26. The van der Waals surface area contributed by atoms with Crippen molar-refractivity contribution >= 4 is 6.08 Å². The maximum atomic E-state index is 12.6. The van der Waals surface area contributed by atoms with Crippen molar-refractivity contribution in [1.82, 2.24) is 0 Å². The zero-order valence-corrected chi connectivity index (χ0v) is 8.60. The molecular formula is C14H11FO. The van der Waals surface area contributed by atoms with Crippen LogP contribution in [0.2, 0.25) is 0 Å². The summed E-state index contributed by atoms with van der Waals surface area (Å²) in [6.07, 6.45) is 10.7. The van der Waals surface area contributed by atoms with E-state index >= 15 is 0 Å². The van der Waals surface area contributed by atoms with Crippen LogP contribution in [0.4, 0.5) is 4.39 Å². The van der Waals surface area contributed by atoms with Crippen molar-refractivity contribution in [1.29, 1.82) is 0 Å². The Bertz CT molecular complexity index is 476. The summed E-state index contributed by atoms with van der Waals surface area (Å²) in [6, 6.07) is 6.09. The molecular weight excluding hydrogens is 203 g/mol. The number of aliphatic hydroxyl groups excluding tert-OH is 1. The molecule has 2 rings (SSSR count). The lowest BCUT2D eigenvalue weighted by molar-refractivity contribution is 0.430. The molecule has 1 aromatic rings. The number of allylic oxidation sites excluding steroid dienone is 6. The van der Waals surface area contributed by atoms with Gasteiger partial charge in [-0.2, -0.15) is 0 Å². The minimum atomic E-state index is -0.263. The van der Waals surface area contributed by atoms with Crippen LogP contribution in [0.5, 0.6) is 0 Å². The number of rotatable bonds is 2. The summed E-state index contributed by atoms with van der Waals surface area (Å²) in [7, 11) is 0. The Morgan fingerprint density at radius 3 is 2.31 bits per heavy atom. The van der Waals surface area contributed by atoms with E-state index < -0.39 is 0 Å². The molecule has 1 N–H and O–H groups in total. The zero-order chi connectivity index (χ0) is 11.4. The summed E-state index contributed by atoms with van der Waals surface area (Å²) in [4.78, 5) is 0. The Balaban J connectivity index is 2.15. The van der Waals surface area contributed by atoms with Gasteiger partial charge in [0.2, 0.25) is 0 Å². The molecule has 0 radical (unpaired) electrons. The molecule has 0 atom stereocenters. The van der Waals surface area contributed by atoms with Gasteiger partial charge in [-0.05, 0) is 23.8 Å². The van der Waals surface area contributed by atoms with E-state index in [1.54, 1.807) is 24.3 Å². The minimum absolute atomic E-state index is 0.203. The number of benzene rings is 1. The van der Waals surface area contributed by atoms with Crippen LogP contribution in [0.15, 0.2) is 66.0 Å². The maximum Gasteiger partial charge on any atom is 0.123 e. The highest BCUT2D eigenvalue weighted by atomic mass is 19.1. The first-order chi connectivity index (χ1) is 7.75. The van der Waals surface area contributed by atoms with E-state index in [9.17, 15) is 9.50 Å². The van der Waals surface area contributed by atoms with Crippen LogP contribution in [0.1, 0.15) is 5.56 Å². The molecule has 2 heteroatoms. The molecule has 0 aliphatic heterocycles. The largest absolute Gasteiger partial charge is 0.507 e. The smallest absolute Gasteiger partial charge is 0.123 e. The first kappa shape index (κ1) is 10.4. The number of aliphatic hydroxyl groups is 1. The topological polar surface area (TPSA) is 20.2 Å². The Labute approximate surface area is 93.5 Å². The van der Waals surface area contributed by atoms with Crippen molar-refractivity contribution in [2.24, 2.45) is 0 Å². The van der Waals surface area contributed by atoms with Crippen LogP contribution >= 0.6 is 0 Å². The van der Waals surface area contributed by atoms with Gasteiger partial charge in [-0.1, -0.05) is 42.5 Å². The van der Waals surface area contributed by atoms with E-state index in [2.05, 4.69) is 0 Å². The zero-order valence-electron chi connectivity index (χ0n) is 8.60. The summed E-state index contributed by atoms with van der Waals surface area (Å²) >= 11 is 0. The molecule has 1 aromatic carbocycles. The molecule has 0 heterocycles. The Kier molecular flexibility index (Phi) is 3.01. The van der Waals surface area contributed by atoms with Crippen LogP contribution in [-0.4, -0.2) is 5.11 Å². The average Bonchev–Trinajstić information content (AvgIpc) is 2.81. The van der Waals surface area contributed by atoms with Crippen molar-refractivity contribution in [2.75, 3.05) is 0 Å². The van der Waals surface area contributed by atoms with Crippen molar-refractivity contribution < 1.29 is 9.50 Å². The third kappa shape index (κ3) is 2.48. The van der Waals surface area contributed by atoms with Gasteiger partial charge in [-0.3, -0.25) is 0 Å². The van der Waals surface area contributed by atoms with Gasteiger partial charge in [0.1, 0.15) is 11.6 Å². The second-order valence-corrected chi connectivity index (χ2v) is 3.44. The quantitative estimate of drug-likeness (QED) is 0.743. The fourth-order valence-corrected chi connectivity index (χ4v) is 1.39. The van der Waals surface area contributed by atoms with E-state index in [0.717, 1.165) is 11.1 Å². The lowest BCUT2D eigenvalue weighted by Gasteiger charge is -1.96. The molecule has 0 saturated carbocycles. The lowest BCUT2D eigenvalue weighted by Crippen LogP contribution is -1.80. The molecule has 1 aliphatic carbocycles. The van der Waals surface area contributed by atoms with E-state index in [-0.39, 0.29) is 11.6 Å². The summed E-state index contributed by atoms with van der Waals surface area (Å²) in [5.74, 6) is -0.0595. The molecule has 0 unspecified atom stereocenters. The number of halogens is 1. The molecule has 0 spiro atoms. The fraction of sp³-hybridized carbons (Fsp3) is 0.